The van der Waals surface area contributed by atoms with Gasteiger partial charge in [0.05, 0.1) is 35.5 Å². The number of phenols is 1. The molecule has 0 fully saturated rings. The Morgan fingerprint density at radius 3 is 2.48 bits per heavy atom. The smallest absolute Gasteiger partial charge is 0.331 e. The van der Waals surface area contributed by atoms with Crippen LogP contribution in [0.25, 0.3) is 22.2 Å². The zero-order valence-corrected chi connectivity index (χ0v) is 18.9. The normalized spacial score (nSPS) is 17.8. The minimum absolute atomic E-state index is 0.0246. The zero-order chi connectivity index (χ0) is 23.4. The summed E-state index contributed by atoms with van der Waals surface area (Å²) in [5, 5.41) is 10.6. The van der Waals surface area contributed by atoms with Crippen molar-refractivity contribution < 1.29 is 14.6 Å². The lowest BCUT2D eigenvalue weighted by molar-refractivity contribution is -0.0143. The second-order valence-electron chi connectivity index (χ2n) is 8.40. The monoisotopic (exact) mass is 447 g/mol. The fourth-order valence-corrected chi connectivity index (χ4v) is 4.78. The lowest BCUT2D eigenvalue weighted by Crippen LogP contribution is -2.37. The van der Waals surface area contributed by atoms with Gasteiger partial charge in [-0.1, -0.05) is 36.4 Å². The summed E-state index contributed by atoms with van der Waals surface area (Å²) >= 11 is 0. The van der Waals surface area contributed by atoms with E-state index >= 15 is 0 Å². The quantitative estimate of drug-likeness (QED) is 0.522. The number of rotatable bonds is 3. The lowest BCUT2D eigenvalue weighted by Gasteiger charge is -2.32. The molecule has 0 aliphatic carbocycles. The fraction of sp³-hybridized carbons (Fsp3) is 0.280. The summed E-state index contributed by atoms with van der Waals surface area (Å²) in [7, 11) is 4.66. The Hall–Kier alpha value is -3.78. The third-order valence-corrected chi connectivity index (χ3v) is 6.31. The van der Waals surface area contributed by atoms with Crippen LogP contribution in [0.2, 0.25) is 0 Å². The molecule has 0 saturated carbocycles. The van der Waals surface area contributed by atoms with E-state index in [0.29, 0.717) is 23.2 Å². The summed E-state index contributed by atoms with van der Waals surface area (Å²) in [5.74, 6) is 0.349. The molecule has 3 heterocycles. The van der Waals surface area contributed by atoms with Crippen LogP contribution in [-0.4, -0.2) is 32.0 Å². The number of fused-ring (bicyclic) bond motifs is 3. The molecule has 1 aliphatic rings. The Bertz CT molecular complexity index is 1500. The second-order valence-corrected chi connectivity index (χ2v) is 8.40. The first kappa shape index (κ1) is 21.1. The summed E-state index contributed by atoms with van der Waals surface area (Å²) < 4.78 is 16.4. The van der Waals surface area contributed by atoms with Crippen molar-refractivity contribution in [3.05, 3.63) is 80.6 Å². The molecule has 8 nitrogen and oxygen atoms in total. The molecule has 4 aromatic rings. The van der Waals surface area contributed by atoms with Crippen LogP contribution in [0.5, 0.6) is 11.5 Å². The molecule has 170 valence electrons. The third-order valence-electron chi connectivity index (χ3n) is 6.31. The van der Waals surface area contributed by atoms with Gasteiger partial charge in [0.25, 0.3) is 5.56 Å². The summed E-state index contributed by atoms with van der Waals surface area (Å²) in [6.07, 6.45) is -0.728. The van der Waals surface area contributed by atoms with Crippen molar-refractivity contribution in [2.45, 2.75) is 25.7 Å². The van der Waals surface area contributed by atoms with E-state index in [-0.39, 0.29) is 17.4 Å². The Morgan fingerprint density at radius 1 is 1.06 bits per heavy atom. The molecule has 2 aromatic heterocycles. The standard InChI is InChI=1S/C25H25N3O5/c1-14-13-28-20(15-8-6-5-7-9-15)19-21(26(2)25(31)27(3)24(19)30)22(28)23(33-14)16-10-11-17(29)18(12-16)32-4/h5-12,14,23,29H,13H2,1-4H3/t14-,23+/m0/s1. The van der Waals surface area contributed by atoms with E-state index in [9.17, 15) is 14.7 Å². The third kappa shape index (κ3) is 3.09. The predicted molar refractivity (Wildman–Crippen MR) is 125 cm³/mol. The average Bonchev–Trinajstić information content (AvgIpc) is 3.16. The van der Waals surface area contributed by atoms with Gasteiger partial charge in [-0.05, 0) is 30.2 Å². The number of phenolic OH excluding ortho intramolecular Hbond substituents is 1. The van der Waals surface area contributed by atoms with Crippen molar-refractivity contribution in [2.24, 2.45) is 14.1 Å². The zero-order valence-electron chi connectivity index (χ0n) is 18.9. The van der Waals surface area contributed by atoms with Gasteiger partial charge < -0.3 is 19.1 Å². The molecule has 0 radical (unpaired) electrons. The highest BCUT2D eigenvalue weighted by Crippen LogP contribution is 2.43. The van der Waals surface area contributed by atoms with Crippen molar-refractivity contribution >= 4 is 10.9 Å². The lowest BCUT2D eigenvalue weighted by atomic mass is 10.0. The molecule has 0 spiro atoms. The van der Waals surface area contributed by atoms with Gasteiger partial charge in [-0.3, -0.25) is 13.9 Å². The molecule has 1 aliphatic heterocycles. The largest absolute Gasteiger partial charge is 0.504 e. The van der Waals surface area contributed by atoms with Crippen molar-refractivity contribution in [1.29, 1.82) is 0 Å². The van der Waals surface area contributed by atoms with Gasteiger partial charge in [0.2, 0.25) is 0 Å². The van der Waals surface area contributed by atoms with E-state index in [1.165, 1.54) is 18.7 Å². The molecular weight excluding hydrogens is 422 g/mol. The minimum atomic E-state index is -0.569. The number of aromatic nitrogens is 3. The van der Waals surface area contributed by atoms with Gasteiger partial charge in [-0.25, -0.2) is 4.79 Å². The van der Waals surface area contributed by atoms with Crippen molar-refractivity contribution in [1.82, 2.24) is 13.7 Å². The van der Waals surface area contributed by atoms with Crippen LogP contribution in [0.3, 0.4) is 0 Å². The number of hydrogen-bond donors (Lipinski definition) is 1. The molecule has 0 saturated heterocycles. The van der Waals surface area contributed by atoms with Crippen LogP contribution in [0.4, 0.5) is 0 Å². The Labute approximate surface area is 189 Å². The summed E-state index contributed by atoms with van der Waals surface area (Å²) in [6, 6.07) is 14.8. The maximum Gasteiger partial charge on any atom is 0.331 e. The van der Waals surface area contributed by atoms with E-state index in [4.69, 9.17) is 9.47 Å². The van der Waals surface area contributed by atoms with Gasteiger partial charge in [-0.15, -0.1) is 0 Å². The van der Waals surface area contributed by atoms with Gasteiger partial charge in [0, 0.05) is 20.6 Å². The van der Waals surface area contributed by atoms with E-state index in [1.54, 1.807) is 25.2 Å². The molecule has 0 unspecified atom stereocenters. The number of methoxy groups -OCH3 is 1. The van der Waals surface area contributed by atoms with Crippen LogP contribution in [0, 0.1) is 0 Å². The number of aromatic hydroxyl groups is 1. The van der Waals surface area contributed by atoms with Crippen LogP contribution in [-0.2, 0) is 25.4 Å². The van der Waals surface area contributed by atoms with Gasteiger partial charge in [0.15, 0.2) is 11.5 Å². The Morgan fingerprint density at radius 2 is 1.79 bits per heavy atom. The average molecular weight is 447 g/mol. The molecule has 0 bridgehead atoms. The number of aryl methyl sites for hydroxylation is 1. The fourth-order valence-electron chi connectivity index (χ4n) is 4.78. The number of nitrogens with zero attached hydrogens (tertiary/aromatic N) is 3. The highest BCUT2D eigenvalue weighted by Gasteiger charge is 2.35. The van der Waals surface area contributed by atoms with Crippen LogP contribution in [0.1, 0.15) is 24.3 Å². The minimum Gasteiger partial charge on any atom is -0.504 e. The van der Waals surface area contributed by atoms with Crippen molar-refractivity contribution in [2.75, 3.05) is 7.11 Å². The predicted octanol–water partition coefficient (Wildman–Crippen LogP) is 2.93. The molecule has 8 heteroatoms. The Kier molecular flexibility index (Phi) is 4.90. The second kappa shape index (κ2) is 7.67. The van der Waals surface area contributed by atoms with E-state index in [2.05, 4.69) is 4.57 Å². The van der Waals surface area contributed by atoms with E-state index in [1.807, 2.05) is 37.3 Å². The van der Waals surface area contributed by atoms with Crippen molar-refractivity contribution in [3.63, 3.8) is 0 Å². The molecule has 2 atom stereocenters. The number of hydrogen-bond acceptors (Lipinski definition) is 5. The van der Waals surface area contributed by atoms with Crippen LogP contribution in [0.15, 0.2) is 58.1 Å². The first-order chi connectivity index (χ1) is 15.8. The molecule has 2 aromatic carbocycles. The van der Waals surface area contributed by atoms with Crippen LogP contribution < -0.4 is 16.0 Å². The SMILES string of the molecule is COc1cc([C@H]2O[C@@H](C)Cn3c(-c4ccccc4)c4c(=O)n(C)c(=O)n(C)c4c32)ccc1O. The maximum atomic E-state index is 13.4. The summed E-state index contributed by atoms with van der Waals surface area (Å²) in [6.45, 7) is 2.50. The van der Waals surface area contributed by atoms with Crippen molar-refractivity contribution in [3.8, 4) is 22.8 Å². The molecule has 33 heavy (non-hydrogen) atoms. The molecule has 0 amide bonds. The molecular formula is C25H25N3O5. The van der Waals surface area contributed by atoms with Gasteiger partial charge in [-0.2, -0.15) is 0 Å². The summed E-state index contributed by atoms with van der Waals surface area (Å²) in [4.78, 5) is 26.3. The molecule has 5 rings (SSSR count). The van der Waals surface area contributed by atoms with Gasteiger partial charge in [0.1, 0.15) is 6.10 Å². The number of benzene rings is 2. The van der Waals surface area contributed by atoms with Crippen LogP contribution >= 0.6 is 0 Å². The first-order valence-corrected chi connectivity index (χ1v) is 10.7. The highest BCUT2D eigenvalue weighted by atomic mass is 16.5. The topological polar surface area (TPSA) is 87.6 Å². The van der Waals surface area contributed by atoms with Gasteiger partial charge >= 0.3 is 5.69 Å². The number of ether oxygens (including phenoxy) is 2. The Balaban J connectivity index is 1.93. The first-order valence-electron chi connectivity index (χ1n) is 10.7. The molecule has 1 N–H and O–H groups in total. The maximum absolute atomic E-state index is 13.4. The van der Waals surface area contributed by atoms with E-state index < -0.39 is 11.8 Å². The highest BCUT2D eigenvalue weighted by molar-refractivity contribution is 5.96. The summed E-state index contributed by atoms with van der Waals surface area (Å²) in [5.41, 5.74) is 2.94. The van der Waals surface area contributed by atoms with E-state index in [0.717, 1.165) is 27.1 Å².